The van der Waals surface area contributed by atoms with Gasteiger partial charge in [-0.15, -0.1) is 35.3 Å². The molecule has 0 unspecified atom stereocenters. The lowest BCUT2D eigenvalue weighted by molar-refractivity contribution is 0.321. The van der Waals surface area contributed by atoms with Crippen molar-refractivity contribution < 1.29 is 13.2 Å². The van der Waals surface area contributed by atoms with E-state index in [1.807, 2.05) is 20.0 Å². The standard InChI is InChI=1S/C17H24N4O3S2.HI/c1-4-18-17(21-12-16-20-11-13(2)25-16)19-9-10-24-14-5-7-15(8-6-14)26(3,22)23;/h5-8,11H,4,9-10,12H2,1-3H3,(H2,18,19,21);1H. The third-order valence-corrected chi connectivity index (χ3v) is 5.33. The summed E-state index contributed by atoms with van der Waals surface area (Å²) in [5.74, 6) is 1.33. The van der Waals surface area contributed by atoms with Gasteiger partial charge in [0.25, 0.3) is 0 Å². The SMILES string of the molecule is CCNC(=NCc1ncc(C)s1)NCCOc1ccc(S(C)(=O)=O)cc1.I. The maximum Gasteiger partial charge on any atom is 0.191 e. The van der Waals surface area contributed by atoms with E-state index in [4.69, 9.17) is 4.74 Å². The molecule has 0 radical (unpaired) electrons. The van der Waals surface area contributed by atoms with Crippen molar-refractivity contribution >= 4 is 51.1 Å². The summed E-state index contributed by atoms with van der Waals surface area (Å²) in [6.07, 6.45) is 3.03. The molecule has 0 saturated carbocycles. The fourth-order valence-corrected chi connectivity index (χ4v) is 3.43. The van der Waals surface area contributed by atoms with Crippen molar-refractivity contribution in [3.05, 3.63) is 40.3 Å². The Hall–Kier alpha value is -1.40. The van der Waals surface area contributed by atoms with Crippen LogP contribution < -0.4 is 15.4 Å². The molecule has 0 fully saturated rings. The second-order valence-corrected chi connectivity index (χ2v) is 8.91. The van der Waals surface area contributed by atoms with Gasteiger partial charge in [0.15, 0.2) is 15.8 Å². The minimum Gasteiger partial charge on any atom is -0.492 e. The first kappa shape index (κ1) is 23.6. The van der Waals surface area contributed by atoms with Gasteiger partial charge < -0.3 is 15.4 Å². The summed E-state index contributed by atoms with van der Waals surface area (Å²) >= 11 is 1.63. The highest BCUT2D eigenvalue weighted by Gasteiger charge is 2.06. The number of guanidine groups is 1. The van der Waals surface area contributed by atoms with Crippen molar-refractivity contribution in [2.45, 2.75) is 25.3 Å². The first-order valence-corrected chi connectivity index (χ1v) is 11.0. The minimum atomic E-state index is -3.19. The molecule has 0 aliphatic carbocycles. The molecule has 0 amide bonds. The maximum atomic E-state index is 11.4. The summed E-state index contributed by atoms with van der Waals surface area (Å²) in [6.45, 7) is 6.31. The Bertz CT molecular complexity index is 836. The van der Waals surface area contributed by atoms with Gasteiger partial charge in [-0.2, -0.15) is 0 Å². The number of benzene rings is 1. The Kier molecular flexibility index (Phi) is 10.0. The number of thiazole rings is 1. The lowest BCUT2D eigenvalue weighted by Crippen LogP contribution is -2.39. The summed E-state index contributed by atoms with van der Waals surface area (Å²) < 4.78 is 28.5. The van der Waals surface area contributed by atoms with E-state index in [9.17, 15) is 8.42 Å². The van der Waals surface area contributed by atoms with Crippen LogP contribution in [0.1, 0.15) is 16.8 Å². The van der Waals surface area contributed by atoms with E-state index in [0.29, 0.717) is 31.4 Å². The van der Waals surface area contributed by atoms with Gasteiger partial charge >= 0.3 is 0 Å². The topological polar surface area (TPSA) is 92.7 Å². The van der Waals surface area contributed by atoms with Crippen molar-refractivity contribution in [1.82, 2.24) is 15.6 Å². The molecule has 27 heavy (non-hydrogen) atoms. The van der Waals surface area contributed by atoms with E-state index in [1.165, 1.54) is 11.1 Å². The number of rotatable bonds is 8. The van der Waals surface area contributed by atoms with Crippen molar-refractivity contribution in [3.8, 4) is 5.75 Å². The summed E-state index contributed by atoms with van der Waals surface area (Å²) in [5.41, 5.74) is 0. The molecule has 2 rings (SSSR count). The normalized spacial score (nSPS) is 11.6. The van der Waals surface area contributed by atoms with E-state index < -0.39 is 9.84 Å². The fraction of sp³-hybridized carbons (Fsp3) is 0.412. The first-order chi connectivity index (χ1) is 12.4. The number of aliphatic imine (C=N–C) groups is 1. The molecule has 0 bridgehead atoms. The van der Waals surface area contributed by atoms with Crippen LogP contribution in [-0.4, -0.2) is 45.3 Å². The molecule has 0 saturated heterocycles. The fourth-order valence-electron chi connectivity index (χ4n) is 2.08. The predicted octanol–water partition coefficient (Wildman–Crippen LogP) is 2.61. The Balaban J connectivity index is 0.00000364. The van der Waals surface area contributed by atoms with Crippen LogP contribution in [0, 0.1) is 6.92 Å². The number of hydrogen-bond donors (Lipinski definition) is 2. The van der Waals surface area contributed by atoms with Crippen LogP contribution in [0.25, 0.3) is 0 Å². The number of nitrogens with zero attached hydrogens (tertiary/aromatic N) is 2. The number of sulfone groups is 1. The monoisotopic (exact) mass is 524 g/mol. The molecule has 1 aromatic carbocycles. The number of hydrogen-bond acceptors (Lipinski definition) is 6. The molecule has 0 atom stereocenters. The van der Waals surface area contributed by atoms with Crippen LogP contribution in [0.3, 0.4) is 0 Å². The van der Waals surface area contributed by atoms with Crippen LogP contribution in [-0.2, 0) is 16.4 Å². The second kappa shape index (κ2) is 11.4. The van der Waals surface area contributed by atoms with Crippen molar-refractivity contribution in [2.24, 2.45) is 4.99 Å². The molecule has 7 nitrogen and oxygen atoms in total. The van der Waals surface area contributed by atoms with Crippen molar-refractivity contribution in [3.63, 3.8) is 0 Å². The lowest BCUT2D eigenvalue weighted by atomic mass is 10.3. The molecule has 0 spiro atoms. The van der Waals surface area contributed by atoms with Crippen LogP contribution in [0.15, 0.2) is 40.4 Å². The van der Waals surface area contributed by atoms with E-state index in [2.05, 4.69) is 20.6 Å². The average Bonchev–Trinajstić information content (AvgIpc) is 3.01. The Morgan fingerprint density at radius 2 is 1.96 bits per heavy atom. The van der Waals surface area contributed by atoms with Gasteiger partial charge in [0.1, 0.15) is 17.4 Å². The van der Waals surface area contributed by atoms with Gasteiger partial charge in [0.05, 0.1) is 18.0 Å². The average molecular weight is 524 g/mol. The molecule has 1 heterocycles. The quantitative estimate of drug-likeness (QED) is 0.239. The van der Waals surface area contributed by atoms with Gasteiger partial charge in [-0.1, -0.05) is 0 Å². The van der Waals surface area contributed by atoms with Crippen LogP contribution >= 0.6 is 35.3 Å². The highest BCUT2D eigenvalue weighted by Crippen LogP contribution is 2.15. The first-order valence-electron chi connectivity index (χ1n) is 8.25. The number of nitrogens with one attached hydrogen (secondary N) is 2. The molecular weight excluding hydrogens is 499 g/mol. The van der Waals surface area contributed by atoms with Crippen LogP contribution in [0.2, 0.25) is 0 Å². The zero-order chi connectivity index (χ0) is 19.0. The number of ether oxygens (including phenoxy) is 1. The highest BCUT2D eigenvalue weighted by molar-refractivity contribution is 14.0. The zero-order valence-electron chi connectivity index (χ0n) is 15.6. The van der Waals surface area contributed by atoms with Gasteiger partial charge in [-0.05, 0) is 38.1 Å². The Morgan fingerprint density at radius 1 is 1.26 bits per heavy atom. The lowest BCUT2D eigenvalue weighted by Gasteiger charge is -2.12. The molecule has 2 aromatic rings. The zero-order valence-corrected chi connectivity index (χ0v) is 19.5. The van der Waals surface area contributed by atoms with Gasteiger partial charge in [-0.3, -0.25) is 0 Å². The van der Waals surface area contributed by atoms with E-state index in [1.54, 1.807) is 35.6 Å². The molecule has 1 aromatic heterocycles. The maximum absolute atomic E-state index is 11.4. The molecule has 10 heteroatoms. The largest absolute Gasteiger partial charge is 0.492 e. The molecule has 0 aliphatic rings. The highest BCUT2D eigenvalue weighted by atomic mass is 127. The molecular formula is C17H25IN4O3S2. The Morgan fingerprint density at radius 3 is 2.52 bits per heavy atom. The third kappa shape index (κ3) is 8.43. The van der Waals surface area contributed by atoms with E-state index >= 15 is 0 Å². The Labute approximate surface area is 181 Å². The smallest absolute Gasteiger partial charge is 0.191 e. The summed E-state index contributed by atoms with van der Waals surface area (Å²) in [6, 6.07) is 6.39. The van der Waals surface area contributed by atoms with E-state index in [0.717, 1.165) is 11.6 Å². The van der Waals surface area contributed by atoms with Gasteiger partial charge in [0, 0.05) is 23.9 Å². The number of aromatic nitrogens is 1. The predicted molar refractivity (Wildman–Crippen MR) is 120 cm³/mol. The van der Waals surface area contributed by atoms with Crippen molar-refractivity contribution in [2.75, 3.05) is 26.0 Å². The number of halogens is 1. The molecule has 150 valence electrons. The van der Waals surface area contributed by atoms with Gasteiger partial charge in [-0.25, -0.2) is 18.4 Å². The van der Waals surface area contributed by atoms with Crippen LogP contribution in [0.4, 0.5) is 0 Å². The minimum absolute atomic E-state index is 0. The summed E-state index contributed by atoms with van der Waals surface area (Å²) in [7, 11) is -3.19. The molecule has 0 aliphatic heterocycles. The van der Waals surface area contributed by atoms with Gasteiger partial charge in [0.2, 0.25) is 0 Å². The van der Waals surface area contributed by atoms with Crippen LogP contribution in [0.5, 0.6) is 5.75 Å². The molecule has 2 N–H and O–H groups in total. The van der Waals surface area contributed by atoms with E-state index in [-0.39, 0.29) is 28.9 Å². The number of aryl methyl sites for hydroxylation is 1. The third-order valence-electron chi connectivity index (χ3n) is 3.30. The second-order valence-electron chi connectivity index (χ2n) is 5.58. The van der Waals surface area contributed by atoms with Crippen molar-refractivity contribution in [1.29, 1.82) is 0 Å². The summed E-state index contributed by atoms with van der Waals surface area (Å²) in [5, 5.41) is 7.35. The summed E-state index contributed by atoms with van der Waals surface area (Å²) in [4.78, 5) is 10.2.